The number of hydrogen-bond donors (Lipinski definition) is 2. The van der Waals surface area contributed by atoms with E-state index in [1.807, 2.05) is 19.3 Å². The fourth-order valence-electron chi connectivity index (χ4n) is 2.35. The first-order valence-electron chi connectivity index (χ1n) is 6.16. The van der Waals surface area contributed by atoms with Crippen LogP contribution in [0.1, 0.15) is 18.5 Å². The average molecular weight is 235 g/mol. The van der Waals surface area contributed by atoms with Crippen molar-refractivity contribution in [2.45, 2.75) is 25.5 Å². The van der Waals surface area contributed by atoms with Crippen LogP contribution < -0.4 is 5.32 Å². The molecule has 1 heterocycles. The van der Waals surface area contributed by atoms with Gasteiger partial charge in [0, 0.05) is 32.0 Å². The van der Waals surface area contributed by atoms with Gasteiger partial charge in [0.1, 0.15) is 0 Å². The van der Waals surface area contributed by atoms with Crippen LogP contribution in [-0.4, -0.2) is 41.7 Å². The van der Waals surface area contributed by atoms with Crippen molar-refractivity contribution in [3.8, 4) is 0 Å². The maximum atomic E-state index is 9.25. The summed E-state index contributed by atoms with van der Waals surface area (Å²) >= 11 is 0. The zero-order chi connectivity index (χ0) is 12.3. The number of rotatable bonds is 5. The Morgan fingerprint density at radius 3 is 2.94 bits per heavy atom. The first-order chi connectivity index (χ1) is 8.17. The van der Waals surface area contributed by atoms with Crippen molar-refractivity contribution in [3.63, 3.8) is 0 Å². The molecule has 1 aromatic rings. The van der Waals surface area contributed by atoms with E-state index in [4.69, 9.17) is 0 Å². The summed E-state index contributed by atoms with van der Waals surface area (Å²) < 4.78 is 0. The normalized spacial score (nSPS) is 23.5. The summed E-state index contributed by atoms with van der Waals surface area (Å²) in [6.07, 6.45) is 3.68. The highest BCUT2D eigenvalue weighted by atomic mass is 16.3. The average Bonchev–Trinajstić information content (AvgIpc) is 2.27. The van der Waals surface area contributed by atoms with Crippen molar-refractivity contribution in [2.24, 2.45) is 5.92 Å². The summed E-state index contributed by atoms with van der Waals surface area (Å²) in [5.41, 5.74) is 2.18. The molecule has 0 atom stereocenters. The lowest BCUT2D eigenvalue weighted by molar-refractivity contribution is 0.0272. The number of nitrogens with one attached hydrogen (secondary N) is 1. The molecule has 1 fully saturated rings. The minimum atomic E-state index is -0.0563. The fourth-order valence-corrected chi connectivity index (χ4v) is 2.35. The Bertz CT molecular complexity index is 363. The highest BCUT2D eigenvalue weighted by Gasteiger charge is 2.27. The van der Waals surface area contributed by atoms with Crippen LogP contribution in [0.4, 0.5) is 5.69 Å². The molecule has 0 bridgehead atoms. The summed E-state index contributed by atoms with van der Waals surface area (Å²) in [6.45, 7) is 1.91. The van der Waals surface area contributed by atoms with Crippen LogP contribution in [0.25, 0.3) is 0 Å². The molecule has 2 rings (SSSR count). The number of aliphatic hydroxyl groups is 1. The lowest BCUT2D eigenvalue weighted by atomic mass is 9.82. The topological polar surface area (TPSA) is 48.4 Å². The highest BCUT2D eigenvalue weighted by molar-refractivity contribution is 5.42. The third-order valence-electron chi connectivity index (χ3n) is 3.32. The molecular formula is C13H21N3O. The van der Waals surface area contributed by atoms with Crippen LogP contribution in [-0.2, 0) is 6.54 Å². The Labute approximate surface area is 103 Å². The number of aliphatic hydroxyl groups excluding tert-OH is 1. The molecular weight excluding hydrogens is 214 g/mol. The van der Waals surface area contributed by atoms with E-state index in [9.17, 15) is 5.11 Å². The first kappa shape index (κ1) is 12.3. The number of hydrogen-bond acceptors (Lipinski definition) is 4. The Morgan fingerprint density at radius 1 is 1.53 bits per heavy atom. The Balaban J connectivity index is 1.82. The molecule has 1 aliphatic rings. The van der Waals surface area contributed by atoms with Crippen LogP contribution in [0, 0.1) is 5.92 Å². The maximum absolute atomic E-state index is 9.25. The molecule has 0 aliphatic heterocycles. The number of nitrogens with zero attached hydrogens (tertiary/aromatic N) is 2. The molecule has 17 heavy (non-hydrogen) atoms. The molecule has 4 heteroatoms. The third kappa shape index (κ3) is 3.41. The SMILES string of the molecule is CNc1ccnc(CN(C)CC2CC(O)C2)c1. The third-order valence-corrected chi connectivity index (χ3v) is 3.32. The van der Waals surface area contributed by atoms with E-state index in [1.54, 1.807) is 0 Å². The Hall–Kier alpha value is -1.13. The zero-order valence-corrected chi connectivity index (χ0v) is 10.6. The van der Waals surface area contributed by atoms with Crippen molar-refractivity contribution in [2.75, 3.05) is 26.0 Å². The fraction of sp³-hybridized carbons (Fsp3) is 0.615. The van der Waals surface area contributed by atoms with Gasteiger partial charge < -0.3 is 15.3 Å². The van der Waals surface area contributed by atoms with Crippen LogP contribution in [0.2, 0.25) is 0 Å². The lowest BCUT2D eigenvalue weighted by Gasteiger charge is -2.34. The van der Waals surface area contributed by atoms with E-state index < -0.39 is 0 Å². The van der Waals surface area contributed by atoms with Gasteiger partial charge in [0.2, 0.25) is 0 Å². The highest BCUT2D eigenvalue weighted by Crippen LogP contribution is 2.27. The van der Waals surface area contributed by atoms with Crippen LogP contribution in [0.15, 0.2) is 18.3 Å². The molecule has 1 saturated carbocycles. The number of aromatic nitrogens is 1. The molecule has 0 amide bonds. The standard InChI is InChI=1S/C13H21N3O/c1-14-11-3-4-15-12(7-11)9-16(2)8-10-5-13(17)6-10/h3-4,7,10,13,17H,5-6,8-9H2,1-2H3,(H,14,15). The molecule has 1 aromatic heterocycles. The summed E-state index contributed by atoms with van der Waals surface area (Å²) in [4.78, 5) is 6.64. The van der Waals surface area contributed by atoms with Crippen LogP contribution in [0.3, 0.4) is 0 Å². The quantitative estimate of drug-likeness (QED) is 0.808. The second kappa shape index (κ2) is 5.47. The second-order valence-corrected chi connectivity index (χ2v) is 4.97. The summed E-state index contributed by atoms with van der Waals surface area (Å²) in [5, 5.41) is 12.4. The monoisotopic (exact) mass is 235 g/mol. The molecule has 94 valence electrons. The summed E-state index contributed by atoms with van der Waals surface area (Å²) in [5.74, 6) is 0.655. The van der Waals surface area contributed by atoms with Crippen molar-refractivity contribution in [1.82, 2.24) is 9.88 Å². The molecule has 1 aliphatic carbocycles. The predicted molar refractivity (Wildman–Crippen MR) is 68.8 cm³/mol. The minimum absolute atomic E-state index is 0.0563. The van der Waals surface area contributed by atoms with Gasteiger partial charge in [-0.2, -0.15) is 0 Å². The van der Waals surface area contributed by atoms with Gasteiger partial charge in [-0.3, -0.25) is 4.98 Å². The Kier molecular flexibility index (Phi) is 3.97. The van der Waals surface area contributed by atoms with Gasteiger partial charge in [-0.05, 0) is 37.9 Å². The first-order valence-corrected chi connectivity index (χ1v) is 6.16. The predicted octanol–water partition coefficient (Wildman–Crippen LogP) is 1.33. The van der Waals surface area contributed by atoms with Crippen molar-refractivity contribution >= 4 is 5.69 Å². The summed E-state index contributed by atoms with van der Waals surface area (Å²) in [6, 6.07) is 4.04. The van der Waals surface area contributed by atoms with E-state index in [-0.39, 0.29) is 6.10 Å². The molecule has 0 aromatic carbocycles. The van der Waals surface area contributed by atoms with Gasteiger partial charge in [-0.15, -0.1) is 0 Å². The van der Waals surface area contributed by atoms with Crippen LogP contribution in [0.5, 0.6) is 0 Å². The van der Waals surface area contributed by atoms with Crippen molar-refractivity contribution < 1.29 is 5.11 Å². The largest absolute Gasteiger partial charge is 0.393 e. The van der Waals surface area contributed by atoms with E-state index in [0.717, 1.165) is 37.3 Å². The molecule has 0 saturated heterocycles. The van der Waals surface area contributed by atoms with E-state index in [2.05, 4.69) is 28.3 Å². The smallest absolute Gasteiger partial charge is 0.0564 e. The van der Waals surface area contributed by atoms with E-state index in [1.165, 1.54) is 0 Å². The minimum Gasteiger partial charge on any atom is -0.393 e. The van der Waals surface area contributed by atoms with Gasteiger partial charge in [-0.1, -0.05) is 0 Å². The van der Waals surface area contributed by atoms with Gasteiger partial charge in [0.25, 0.3) is 0 Å². The molecule has 0 unspecified atom stereocenters. The lowest BCUT2D eigenvalue weighted by Crippen LogP contribution is -2.36. The molecule has 4 nitrogen and oxygen atoms in total. The number of pyridine rings is 1. The number of anilines is 1. The van der Waals surface area contributed by atoms with E-state index >= 15 is 0 Å². The Morgan fingerprint density at radius 2 is 2.29 bits per heavy atom. The van der Waals surface area contributed by atoms with Gasteiger partial charge in [0.05, 0.1) is 11.8 Å². The van der Waals surface area contributed by atoms with Gasteiger partial charge in [0.15, 0.2) is 0 Å². The second-order valence-electron chi connectivity index (χ2n) is 4.97. The van der Waals surface area contributed by atoms with Crippen LogP contribution >= 0.6 is 0 Å². The molecule has 2 N–H and O–H groups in total. The van der Waals surface area contributed by atoms with E-state index in [0.29, 0.717) is 5.92 Å². The van der Waals surface area contributed by atoms with Crippen molar-refractivity contribution in [1.29, 1.82) is 0 Å². The van der Waals surface area contributed by atoms with Gasteiger partial charge in [-0.25, -0.2) is 0 Å². The van der Waals surface area contributed by atoms with Crippen molar-refractivity contribution in [3.05, 3.63) is 24.0 Å². The van der Waals surface area contributed by atoms with Gasteiger partial charge >= 0.3 is 0 Å². The summed E-state index contributed by atoms with van der Waals surface area (Å²) in [7, 11) is 4.02. The molecule has 0 radical (unpaired) electrons. The molecule has 0 spiro atoms. The maximum Gasteiger partial charge on any atom is 0.0564 e. The zero-order valence-electron chi connectivity index (χ0n) is 10.6.